The molecule has 6 heteroatoms. The molecule has 0 spiro atoms. The standard InChI is InChI=1S/C15H18ClN3O2/c1-10-13(11(2)19(3)18-10)5-7-15(20)21-9-12-4-6-14(16)17-8-12/h4,6,8H,5,7,9H2,1-3H3. The lowest BCUT2D eigenvalue weighted by Crippen LogP contribution is -2.07. The molecule has 0 unspecified atom stereocenters. The Balaban J connectivity index is 1.83. The van der Waals surface area contributed by atoms with Crippen LogP contribution in [0.2, 0.25) is 5.15 Å². The van der Waals surface area contributed by atoms with Crippen molar-refractivity contribution < 1.29 is 9.53 Å². The summed E-state index contributed by atoms with van der Waals surface area (Å²) < 4.78 is 7.06. The lowest BCUT2D eigenvalue weighted by atomic mass is 10.1. The van der Waals surface area contributed by atoms with E-state index in [2.05, 4.69) is 10.1 Å². The minimum atomic E-state index is -0.229. The highest BCUT2D eigenvalue weighted by atomic mass is 35.5. The van der Waals surface area contributed by atoms with E-state index in [1.165, 1.54) is 0 Å². The quantitative estimate of drug-likeness (QED) is 0.629. The molecule has 0 saturated heterocycles. The number of carbonyl (C=O) groups is 1. The van der Waals surface area contributed by atoms with Crippen molar-refractivity contribution in [1.29, 1.82) is 0 Å². The number of halogens is 1. The van der Waals surface area contributed by atoms with Crippen LogP contribution in [0.25, 0.3) is 0 Å². The first kappa shape index (κ1) is 15.5. The summed E-state index contributed by atoms with van der Waals surface area (Å²) in [4.78, 5) is 15.7. The van der Waals surface area contributed by atoms with Gasteiger partial charge in [0.25, 0.3) is 0 Å². The molecule has 2 heterocycles. The van der Waals surface area contributed by atoms with Crippen molar-refractivity contribution in [3.63, 3.8) is 0 Å². The molecule has 0 atom stereocenters. The van der Waals surface area contributed by atoms with E-state index in [-0.39, 0.29) is 12.6 Å². The Morgan fingerprint density at radius 2 is 2.14 bits per heavy atom. The number of hydrogen-bond acceptors (Lipinski definition) is 4. The smallest absolute Gasteiger partial charge is 0.306 e. The average Bonchev–Trinajstić information content (AvgIpc) is 2.69. The van der Waals surface area contributed by atoms with Gasteiger partial charge in [-0.3, -0.25) is 9.48 Å². The molecular formula is C15H18ClN3O2. The number of hydrogen-bond donors (Lipinski definition) is 0. The minimum Gasteiger partial charge on any atom is -0.461 e. The largest absolute Gasteiger partial charge is 0.461 e. The van der Waals surface area contributed by atoms with Crippen molar-refractivity contribution in [3.05, 3.63) is 46.0 Å². The van der Waals surface area contributed by atoms with E-state index < -0.39 is 0 Å². The van der Waals surface area contributed by atoms with Gasteiger partial charge in [-0.2, -0.15) is 5.10 Å². The van der Waals surface area contributed by atoms with Crippen molar-refractivity contribution in [2.24, 2.45) is 7.05 Å². The Morgan fingerprint density at radius 1 is 1.38 bits per heavy atom. The summed E-state index contributed by atoms with van der Waals surface area (Å²) in [6.45, 7) is 4.17. The molecule has 2 rings (SSSR count). The molecule has 0 bridgehead atoms. The lowest BCUT2D eigenvalue weighted by molar-refractivity contribution is -0.144. The van der Waals surface area contributed by atoms with Gasteiger partial charge in [-0.25, -0.2) is 4.98 Å². The Bertz CT molecular complexity index is 635. The number of ether oxygens (including phenoxy) is 1. The summed E-state index contributed by atoms with van der Waals surface area (Å²) in [5.74, 6) is -0.229. The fraction of sp³-hybridized carbons (Fsp3) is 0.400. The highest BCUT2D eigenvalue weighted by Gasteiger charge is 2.12. The predicted molar refractivity (Wildman–Crippen MR) is 80.0 cm³/mol. The van der Waals surface area contributed by atoms with Gasteiger partial charge >= 0.3 is 5.97 Å². The van der Waals surface area contributed by atoms with Crippen LogP contribution in [-0.4, -0.2) is 20.7 Å². The van der Waals surface area contributed by atoms with E-state index in [9.17, 15) is 4.79 Å². The van der Waals surface area contributed by atoms with Crippen molar-refractivity contribution >= 4 is 17.6 Å². The maximum Gasteiger partial charge on any atom is 0.306 e. The number of pyridine rings is 1. The van der Waals surface area contributed by atoms with Gasteiger partial charge in [0.2, 0.25) is 0 Å². The molecule has 5 nitrogen and oxygen atoms in total. The van der Waals surface area contributed by atoms with Gasteiger partial charge in [0.05, 0.1) is 5.69 Å². The van der Waals surface area contributed by atoms with Crippen LogP contribution in [0.5, 0.6) is 0 Å². The van der Waals surface area contributed by atoms with Crippen molar-refractivity contribution in [3.8, 4) is 0 Å². The molecule has 0 radical (unpaired) electrons. The highest BCUT2D eigenvalue weighted by Crippen LogP contribution is 2.14. The normalized spacial score (nSPS) is 10.7. The van der Waals surface area contributed by atoms with Gasteiger partial charge in [0.15, 0.2) is 0 Å². The number of nitrogens with zero attached hydrogens (tertiary/aromatic N) is 3. The van der Waals surface area contributed by atoms with Gasteiger partial charge in [0.1, 0.15) is 11.8 Å². The monoisotopic (exact) mass is 307 g/mol. The van der Waals surface area contributed by atoms with Crippen LogP contribution < -0.4 is 0 Å². The van der Waals surface area contributed by atoms with Gasteiger partial charge in [-0.15, -0.1) is 0 Å². The molecule has 0 N–H and O–H groups in total. The first-order valence-electron chi connectivity index (χ1n) is 6.72. The Hall–Kier alpha value is -1.88. The summed E-state index contributed by atoms with van der Waals surface area (Å²) in [5.41, 5.74) is 3.98. The summed E-state index contributed by atoms with van der Waals surface area (Å²) >= 11 is 5.70. The molecule has 0 aliphatic rings. The van der Waals surface area contributed by atoms with E-state index in [0.29, 0.717) is 18.0 Å². The zero-order chi connectivity index (χ0) is 15.4. The molecule has 0 aliphatic heterocycles. The zero-order valence-electron chi connectivity index (χ0n) is 12.4. The van der Waals surface area contributed by atoms with Crippen molar-refractivity contribution in [2.45, 2.75) is 33.3 Å². The number of aromatic nitrogens is 3. The predicted octanol–water partition coefficient (Wildman–Crippen LogP) is 2.76. The molecule has 112 valence electrons. The molecular weight excluding hydrogens is 290 g/mol. The molecule has 2 aromatic rings. The Labute approximate surface area is 128 Å². The SMILES string of the molecule is Cc1nn(C)c(C)c1CCC(=O)OCc1ccc(Cl)nc1. The summed E-state index contributed by atoms with van der Waals surface area (Å²) in [6.07, 6.45) is 2.59. The number of esters is 1. The first-order valence-corrected chi connectivity index (χ1v) is 7.10. The van der Waals surface area contributed by atoms with Crippen LogP contribution in [0.15, 0.2) is 18.3 Å². The van der Waals surface area contributed by atoms with E-state index in [4.69, 9.17) is 16.3 Å². The minimum absolute atomic E-state index is 0.216. The topological polar surface area (TPSA) is 57.0 Å². The van der Waals surface area contributed by atoms with Crippen LogP contribution in [-0.2, 0) is 29.6 Å². The molecule has 0 amide bonds. The Morgan fingerprint density at radius 3 is 2.71 bits per heavy atom. The molecule has 0 fully saturated rings. The third kappa shape index (κ3) is 4.04. The van der Waals surface area contributed by atoms with Gasteiger partial charge in [0, 0.05) is 30.9 Å². The van der Waals surface area contributed by atoms with Gasteiger partial charge < -0.3 is 4.74 Å². The van der Waals surface area contributed by atoms with Crippen LogP contribution >= 0.6 is 11.6 Å². The van der Waals surface area contributed by atoms with Crippen molar-refractivity contribution in [2.75, 3.05) is 0 Å². The average molecular weight is 308 g/mol. The van der Waals surface area contributed by atoms with Gasteiger partial charge in [-0.05, 0) is 31.9 Å². The molecule has 0 saturated carbocycles. The van der Waals surface area contributed by atoms with Crippen LogP contribution in [0.3, 0.4) is 0 Å². The van der Waals surface area contributed by atoms with Crippen LogP contribution in [0.1, 0.15) is 28.9 Å². The fourth-order valence-corrected chi connectivity index (χ4v) is 2.25. The maximum atomic E-state index is 11.8. The third-order valence-corrected chi connectivity index (χ3v) is 3.65. The first-order chi connectivity index (χ1) is 9.97. The maximum absolute atomic E-state index is 11.8. The lowest BCUT2D eigenvalue weighted by Gasteiger charge is -2.05. The molecule has 0 aromatic carbocycles. The van der Waals surface area contributed by atoms with E-state index >= 15 is 0 Å². The second-order valence-corrected chi connectivity index (χ2v) is 5.31. The van der Waals surface area contributed by atoms with Gasteiger partial charge in [-0.1, -0.05) is 17.7 Å². The number of aryl methyl sites for hydroxylation is 2. The van der Waals surface area contributed by atoms with Crippen LogP contribution in [0, 0.1) is 13.8 Å². The second kappa shape index (κ2) is 6.72. The highest BCUT2D eigenvalue weighted by molar-refractivity contribution is 6.29. The number of carbonyl (C=O) groups excluding carboxylic acids is 1. The van der Waals surface area contributed by atoms with E-state index in [1.54, 1.807) is 18.3 Å². The summed E-state index contributed by atoms with van der Waals surface area (Å²) in [6, 6.07) is 3.46. The zero-order valence-corrected chi connectivity index (χ0v) is 13.1. The summed E-state index contributed by atoms with van der Waals surface area (Å²) in [7, 11) is 1.90. The van der Waals surface area contributed by atoms with E-state index in [1.807, 2.05) is 25.6 Å². The Kier molecular flexibility index (Phi) is 4.96. The number of rotatable bonds is 5. The molecule has 2 aromatic heterocycles. The molecule has 0 aliphatic carbocycles. The second-order valence-electron chi connectivity index (χ2n) is 4.92. The molecule has 21 heavy (non-hydrogen) atoms. The summed E-state index contributed by atoms with van der Waals surface area (Å²) in [5, 5.41) is 4.76. The van der Waals surface area contributed by atoms with E-state index in [0.717, 1.165) is 22.5 Å². The fourth-order valence-electron chi connectivity index (χ4n) is 2.13. The van der Waals surface area contributed by atoms with Crippen LogP contribution in [0.4, 0.5) is 0 Å². The van der Waals surface area contributed by atoms with Crippen molar-refractivity contribution in [1.82, 2.24) is 14.8 Å². The third-order valence-electron chi connectivity index (χ3n) is 3.43.